The van der Waals surface area contributed by atoms with E-state index >= 15 is 0 Å². The van der Waals surface area contributed by atoms with Crippen LogP contribution in [0.25, 0.3) is 0 Å². The summed E-state index contributed by atoms with van der Waals surface area (Å²) in [6, 6.07) is 25.0. The number of nitrogens with zero attached hydrogens (tertiary/aromatic N) is 1. The van der Waals surface area contributed by atoms with E-state index in [4.69, 9.17) is 9.47 Å². The number of fused-ring (bicyclic) bond motifs is 1. The van der Waals surface area contributed by atoms with Gasteiger partial charge in [0.25, 0.3) is 5.91 Å². The fourth-order valence-electron chi connectivity index (χ4n) is 2.94. The van der Waals surface area contributed by atoms with Crippen molar-refractivity contribution in [3.63, 3.8) is 0 Å². The molecular formula is C22H20N2O3. The molecule has 0 saturated heterocycles. The molecule has 1 amide bonds. The lowest BCUT2D eigenvalue weighted by molar-refractivity contribution is 0.0947. The van der Waals surface area contributed by atoms with Crippen molar-refractivity contribution in [2.24, 2.45) is 0 Å². The van der Waals surface area contributed by atoms with E-state index in [1.807, 2.05) is 65.7 Å². The smallest absolute Gasteiger partial charge is 0.269 e. The van der Waals surface area contributed by atoms with Crippen molar-refractivity contribution in [2.75, 3.05) is 18.2 Å². The summed E-state index contributed by atoms with van der Waals surface area (Å²) < 4.78 is 11.1. The second-order valence-corrected chi connectivity index (χ2v) is 6.21. The molecule has 5 heteroatoms. The zero-order valence-corrected chi connectivity index (χ0v) is 14.8. The Bertz CT molecular complexity index is 913. The number of ether oxygens (including phenoxy) is 2. The number of hydrogen-bond acceptors (Lipinski definition) is 4. The molecule has 0 saturated carbocycles. The molecule has 136 valence electrons. The maximum Gasteiger partial charge on any atom is 0.269 e. The first-order valence-corrected chi connectivity index (χ1v) is 8.87. The van der Waals surface area contributed by atoms with E-state index in [0.29, 0.717) is 36.8 Å². The third-order valence-electron chi connectivity index (χ3n) is 4.29. The number of amides is 1. The lowest BCUT2D eigenvalue weighted by Gasteiger charge is -2.26. The van der Waals surface area contributed by atoms with Crippen molar-refractivity contribution in [2.45, 2.75) is 6.54 Å². The Morgan fingerprint density at radius 3 is 2.26 bits per heavy atom. The lowest BCUT2D eigenvalue weighted by atomic mass is 10.2. The first-order valence-electron chi connectivity index (χ1n) is 8.87. The molecule has 3 aromatic rings. The molecule has 3 aromatic carbocycles. The number of carbonyl (C=O) groups is 1. The molecule has 0 bridgehead atoms. The summed E-state index contributed by atoms with van der Waals surface area (Å²) >= 11 is 0. The molecule has 0 fully saturated rings. The van der Waals surface area contributed by atoms with Crippen LogP contribution in [0, 0.1) is 0 Å². The number of carbonyl (C=O) groups excluding carboxylic acids is 1. The molecular weight excluding hydrogens is 340 g/mol. The van der Waals surface area contributed by atoms with Crippen LogP contribution in [-0.2, 0) is 6.54 Å². The summed E-state index contributed by atoms with van der Waals surface area (Å²) in [5.41, 5.74) is 5.53. The van der Waals surface area contributed by atoms with Gasteiger partial charge in [0, 0.05) is 5.56 Å². The Morgan fingerprint density at radius 2 is 1.52 bits per heavy atom. The number of para-hydroxylation sites is 1. The van der Waals surface area contributed by atoms with Crippen molar-refractivity contribution in [1.29, 1.82) is 0 Å². The highest BCUT2D eigenvalue weighted by atomic mass is 16.6. The molecule has 1 N–H and O–H groups in total. The Kier molecular flexibility index (Phi) is 4.92. The van der Waals surface area contributed by atoms with Crippen LogP contribution >= 0.6 is 0 Å². The van der Waals surface area contributed by atoms with Crippen LogP contribution < -0.4 is 19.9 Å². The summed E-state index contributed by atoms with van der Waals surface area (Å²) in [4.78, 5) is 12.9. The van der Waals surface area contributed by atoms with Crippen LogP contribution in [0.1, 0.15) is 15.9 Å². The highest BCUT2D eigenvalue weighted by Gasteiger charge is 2.17. The first kappa shape index (κ1) is 17.0. The maximum absolute atomic E-state index is 12.9. The van der Waals surface area contributed by atoms with Gasteiger partial charge in [-0.1, -0.05) is 48.5 Å². The summed E-state index contributed by atoms with van der Waals surface area (Å²) in [7, 11) is 0. The van der Waals surface area contributed by atoms with Gasteiger partial charge in [0.05, 0.1) is 12.2 Å². The van der Waals surface area contributed by atoms with E-state index in [1.54, 1.807) is 18.2 Å². The minimum absolute atomic E-state index is 0.202. The fourth-order valence-corrected chi connectivity index (χ4v) is 2.94. The Labute approximate surface area is 158 Å². The second-order valence-electron chi connectivity index (χ2n) is 6.21. The number of rotatable bonds is 5. The number of anilines is 1. The summed E-state index contributed by atoms with van der Waals surface area (Å²) in [6.07, 6.45) is 0. The van der Waals surface area contributed by atoms with Gasteiger partial charge in [-0.15, -0.1) is 0 Å². The molecule has 27 heavy (non-hydrogen) atoms. The minimum atomic E-state index is -0.202. The number of hydrazine groups is 1. The van der Waals surface area contributed by atoms with Crippen LogP contribution in [0.5, 0.6) is 11.5 Å². The van der Waals surface area contributed by atoms with E-state index in [0.717, 1.165) is 11.3 Å². The fraction of sp³-hybridized carbons (Fsp3) is 0.136. The van der Waals surface area contributed by atoms with E-state index < -0.39 is 0 Å². The van der Waals surface area contributed by atoms with Crippen LogP contribution in [0.3, 0.4) is 0 Å². The standard InChI is InChI=1S/C22H20N2O3/c25-22(18-11-12-20-21(15-18)27-14-13-26-20)23-24(19-9-5-2-6-10-19)16-17-7-3-1-4-8-17/h1-12,15H,13-14,16H2,(H,23,25). The third kappa shape index (κ3) is 4.03. The molecule has 0 aliphatic carbocycles. The third-order valence-corrected chi connectivity index (χ3v) is 4.29. The van der Waals surface area contributed by atoms with E-state index in [9.17, 15) is 4.79 Å². The van der Waals surface area contributed by atoms with Crippen molar-refractivity contribution in [3.05, 3.63) is 90.0 Å². The average molecular weight is 360 g/mol. The Morgan fingerprint density at radius 1 is 0.852 bits per heavy atom. The molecule has 0 spiro atoms. The van der Waals surface area contributed by atoms with Crippen LogP contribution in [0.15, 0.2) is 78.9 Å². The summed E-state index contributed by atoms with van der Waals surface area (Å²) in [6.45, 7) is 1.57. The number of hydrogen-bond donors (Lipinski definition) is 1. The van der Waals surface area contributed by atoms with Crippen molar-refractivity contribution in [3.8, 4) is 11.5 Å². The second kappa shape index (κ2) is 7.83. The van der Waals surface area contributed by atoms with Gasteiger partial charge in [-0.2, -0.15) is 0 Å². The monoisotopic (exact) mass is 360 g/mol. The molecule has 0 atom stereocenters. The predicted molar refractivity (Wildman–Crippen MR) is 104 cm³/mol. The first-order chi connectivity index (χ1) is 13.3. The topological polar surface area (TPSA) is 50.8 Å². The number of benzene rings is 3. The van der Waals surface area contributed by atoms with Crippen molar-refractivity contribution in [1.82, 2.24) is 5.43 Å². The van der Waals surface area contributed by atoms with Crippen molar-refractivity contribution < 1.29 is 14.3 Å². The van der Waals surface area contributed by atoms with Crippen molar-refractivity contribution >= 4 is 11.6 Å². The zero-order chi connectivity index (χ0) is 18.5. The normalized spacial score (nSPS) is 12.3. The lowest BCUT2D eigenvalue weighted by Crippen LogP contribution is -2.42. The highest BCUT2D eigenvalue weighted by molar-refractivity contribution is 5.95. The van der Waals surface area contributed by atoms with Gasteiger partial charge in [0.2, 0.25) is 0 Å². The molecule has 1 heterocycles. The predicted octanol–water partition coefficient (Wildman–Crippen LogP) is 3.81. The van der Waals surface area contributed by atoms with Crippen LogP contribution in [-0.4, -0.2) is 19.1 Å². The quantitative estimate of drug-likeness (QED) is 0.703. The maximum atomic E-state index is 12.9. The average Bonchev–Trinajstić information content (AvgIpc) is 2.74. The van der Waals surface area contributed by atoms with Crippen LogP contribution in [0.2, 0.25) is 0 Å². The van der Waals surface area contributed by atoms with Gasteiger partial charge in [-0.05, 0) is 35.9 Å². The van der Waals surface area contributed by atoms with Gasteiger partial charge >= 0.3 is 0 Å². The Hall–Kier alpha value is -3.47. The summed E-state index contributed by atoms with van der Waals surface area (Å²) in [5.74, 6) is 1.07. The Balaban J connectivity index is 1.56. The molecule has 1 aliphatic heterocycles. The van der Waals surface area contributed by atoms with Crippen LogP contribution in [0.4, 0.5) is 5.69 Å². The SMILES string of the molecule is O=C(NN(Cc1ccccc1)c1ccccc1)c1ccc2c(c1)OCCO2. The zero-order valence-electron chi connectivity index (χ0n) is 14.8. The van der Waals surface area contributed by atoms with Gasteiger partial charge in [0.1, 0.15) is 13.2 Å². The highest BCUT2D eigenvalue weighted by Crippen LogP contribution is 2.30. The van der Waals surface area contributed by atoms with Gasteiger partial charge in [-0.3, -0.25) is 15.2 Å². The van der Waals surface area contributed by atoms with Gasteiger partial charge in [0.15, 0.2) is 11.5 Å². The minimum Gasteiger partial charge on any atom is -0.486 e. The molecule has 1 aliphatic rings. The van der Waals surface area contributed by atoms with E-state index in [1.165, 1.54) is 0 Å². The van der Waals surface area contributed by atoms with Gasteiger partial charge < -0.3 is 9.47 Å². The number of nitrogens with one attached hydrogen (secondary N) is 1. The van der Waals surface area contributed by atoms with E-state index in [2.05, 4.69) is 5.43 Å². The molecule has 5 nitrogen and oxygen atoms in total. The van der Waals surface area contributed by atoms with E-state index in [-0.39, 0.29) is 5.91 Å². The molecule has 4 rings (SSSR count). The molecule has 0 unspecified atom stereocenters. The summed E-state index contributed by atoms with van der Waals surface area (Å²) in [5, 5.41) is 1.84. The van der Waals surface area contributed by atoms with Gasteiger partial charge in [-0.25, -0.2) is 0 Å². The largest absolute Gasteiger partial charge is 0.486 e. The molecule has 0 radical (unpaired) electrons. The molecule has 0 aromatic heterocycles.